The van der Waals surface area contributed by atoms with E-state index in [2.05, 4.69) is 6.58 Å². The number of carboxylic acid groups (broad SMARTS) is 1. The van der Waals surface area contributed by atoms with E-state index >= 15 is 0 Å². The van der Waals surface area contributed by atoms with Gasteiger partial charge in [-0.1, -0.05) is 6.58 Å². The lowest BCUT2D eigenvalue weighted by Crippen LogP contribution is -2.37. The number of carboxylic acids is 1. The van der Waals surface area contributed by atoms with Crippen LogP contribution >= 0.6 is 0 Å². The lowest BCUT2D eigenvalue weighted by Gasteiger charge is -2.08. The number of carbonyl (C=O) groups is 3. The molecule has 0 aromatic rings. The first-order chi connectivity index (χ1) is 7.14. The van der Waals surface area contributed by atoms with E-state index in [0.717, 1.165) is 0 Å². The Morgan fingerprint density at radius 2 is 1.69 bits per heavy atom. The fraction of sp³-hybridized carbons (Fsp3) is 0.375. The first kappa shape index (κ1) is 14.1. The van der Waals surface area contributed by atoms with Crippen LogP contribution in [0.1, 0.15) is 12.8 Å². The van der Waals surface area contributed by atoms with Crippen LogP contribution in [0.25, 0.3) is 0 Å². The maximum absolute atomic E-state index is 11.7. The van der Waals surface area contributed by atoms with Gasteiger partial charge < -0.3 is 10.4 Å². The number of Topliss-reactive ketones (excluding diaryl/α,β-unsaturated/α-hetero) is 1. The number of carbonyl (C=O) groups excluding carboxylic acids is 2. The molecule has 0 aliphatic carbocycles. The van der Waals surface area contributed by atoms with Gasteiger partial charge in [-0.3, -0.25) is 14.4 Å². The van der Waals surface area contributed by atoms with Crippen LogP contribution < -0.4 is 5.32 Å². The molecule has 16 heavy (non-hydrogen) atoms. The molecule has 0 saturated heterocycles. The lowest BCUT2D eigenvalue weighted by atomic mass is 10.2. The zero-order chi connectivity index (χ0) is 12.9. The molecule has 0 unspecified atom stereocenters. The van der Waals surface area contributed by atoms with E-state index in [1.54, 1.807) is 0 Å². The Labute approximate surface area is 87.9 Å². The number of ketones is 1. The van der Waals surface area contributed by atoms with Crippen LogP contribution in [-0.4, -0.2) is 28.9 Å². The van der Waals surface area contributed by atoms with Crippen LogP contribution in [0.2, 0.25) is 0 Å². The third-order valence-electron chi connectivity index (χ3n) is 1.42. The number of rotatable bonds is 5. The normalized spacial score (nSPS) is 10.7. The minimum atomic E-state index is -5.12. The summed E-state index contributed by atoms with van der Waals surface area (Å²) in [6.45, 7) is 2.91. The smallest absolute Gasteiger partial charge is 0.471 e. The maximum atomic E-state index is 11.7. The molecule has 8 heteroatoms. The molecule has 0 aliphatic rings. The van der Waals surface area contributed by atoms with Gasteiger partial charge in [-0.15, -0.1) is 0 Å². The Balaban J connectivity index is 4.22. The fourth-order valence-electron chi connectivity index (χ4n) is 0.649. The minimum Gasteiger partial charge on any atom is -0.481 e. The fourth-order valence-corrected chi connectivity index (χ4v) is 0.649. The predicted octanol–water partition coefficient (Wildman–Crippen LogP) is 0.612. The SMILES string of the molecule is C=C(NC(=O)C(F)(F)F)C(=O)CCC(=O)O. The van der Waals surface area contributed by atoms with Crippen molar-refractivity contribution in [3.63, 3.8) is 0 Å². The van der Waals surface area contributed by atoms with Gasteiger partial charge in [0.15, 0.2) is 5.78 Å². The summed E-state index contributed by atoms with van der Waals surface area (Å²) < 4.78 is 35.2. The summed E-state index contributed by atoms with van der Waals surface area (Å²) in [7, 11) is 0. The van der Waals surface area contributed by atoms with Gasteiger partial charge in [0, 0.05) is 6.42 Å². The first-order valence-electron chi connectivity index (χ1n) is 3.96. The van der Waals surface area contributed by atoms with Gasteiger partial charge in [0.05, 0.1) is 12.1 Å². The highest BCUT2D eigenvalue weighted by molar-refractivity contribution is 6.00. The third-order valence-corrected chi connectivity index (χ3v) is 1.42. The summed E-state index contributed by atoms with van der Waals surface area (Å²) in [5, 5.41) is 9.45. The Morgan fingerprint density at radius 3 is 2.06 bits per heavy atom. The topological polar surface area (TPSA) is 83.5 Å². The molecule has 0 atom stereocenters. The highest BCUT2D eigenvalue weighted by Crippen LogP contribution is 2.15. The van der Waals surface area contributed by atoms with E-state index in [0.29, 0.717) is 0 Å². The van der Waals surface area contributed by atoms with Gasteiger partial charge in [0.1, 0.15) is 0 Å². The summed E-state index contributed by atoms with van der Waals surface area (Å²) in [6.07, 6.45) is -6.18. The second-order valence-electron chi connectivity index (χ2n) is 2.75. The molecule has 1 amide bonds. The van der Waals surface area contributed by atoms with Gasteiger partial charge >= 0.3 is 18.1 Å². The molecule has 2 N–H and O–H groups in total. The molecule has 0 fully saturated rings. The summed E-state index contributed by atoms with van der Waals surface area (Å²) in [6, 6.07) is 0. The molecule has 0 aliphatic heterocycles. The van der Waals surface area contributed by atoms with Crippen LogP contribution in [-0.2, 0) is 14.4 Å². The molecule has 0 bridgehead atoms. The van der Waals surface area contributed by atoms with Gasteiger partial charge in [-0.25, -0.2) is 0 Å². The van der Waals surface area contributed by atoms with Gasteiger partial charge in [0.2, 0.25) is 0 Å². The molecule has 0 spiro atoms. The zero-order valence-corrected chi connectivity index (χ0v) is 7.93. The van der Waals surface area contributed by atoms with Crippen molar-refractivity contribution in [1.82, 2.24) is 5.32 Å². The lowest BCUT2D eigenvalue weighted by molar-refractivity contribution is -0.172. The Morgan fingerprint density at radius 1 is 1.19 bits per heavy atom. The predicted molar refractivity (Wildman–Crippen MR) is 45.2 cm³/mol. The van der Waals surface area contributed by atoms with E-state index in [-0.39, 0.29) is 0 Å². The molecular weight excluding hydrogens is 231 g/mol. The van der Waals surface area contributed by atoms with Crippen LogP contribution in [0.5, 0.6) is 0 Å². The number of nitrogens with one attached hydrogen (secondary N) is 1. The number of halogens is 3. The average molecular weight is 239 g/mol. The minimum absolute atomic E-state index is 0.522. The number of alkyl halides is 3. The van der Waals surface area contributed by atoms with Crippen LogP contribution in [0.15, 0.2) is 12.3 Å². The molecule has 0 rings (SSSR count). The molecule has 0 aromatic carbocycles. The Hall–Kier alpha value is -1.86. The van der Waals surface area contributed by atoms with Gasteiger partial charge in [-0.05, 0) is 0 Å². The van der Waals surface area contributed by atoms with Crippen LogP contribution in [0, 0.1) is 0 Å². The molecular formula is C8H8F3NO4. The van der Waals surface area contributed by atoms with Crippen molar-refractivity contribution in [3.05, 3.63) is 12.3 Å². The van der Waals surface area contributed by atoms with Crippen molar-refractivity contribution >= 4 is 17.7 Å². The largest absolute Gasteiger partial charge is 0.481 e. The van der Waals surface area contributed by atoms with E-state index in [4.69, 9.17) is 5.11 Å². The quantitative estimate of drug-likeness (QED) is 0.688. The molecule has 90 valence electrons. The second kappa shape index (κ2) is 5.29. The average Bonchev–Trinajstić information content (AvgIpc) is 2.12. The summed E-state index contributed by atoms with van der Waals surface area (Å²) in [5.74, 6) is -4.55. The number of amides is 1. The number of hydrogen-bond acceptors (Lipinski definition) is 3. The van der Waals surface area contributed by atoms with E-state index < -0.39 is 42.4 Å². The standard InChI is InChI=1S/C8H8F3NO4/c1-4(5(13)2-3-6(14)15)12-7(16)8(9,10)11/h1-3H2,(H,12,16)(H,14,15). The van der Waals surface area contributed by atoms with E-state index in [9.17, 15) is 27.6 Å². The van der Waals surface area contributed by atoms with Crippen molar-refractivity contribution in [2.45, 2.75) is 19.0 Å². The third kappa shape index (κ3) is 5.13. The summed E-state index contributed by atoms with van der Waals surface area (Å²) >= 11 is 0. The Kier molecular flexibility index (Phi) is 4.67. The number of hydrogen-bond donors (Lipinski definition) is 2. The molecule has 0 radical (unpaired) electrons. The maximum Gasteiger partial charge on any atom is 0.471 e. The van der Waals surface area contributed by atoms with Gasteiger partial charge in [-0.2, -0.15) is 13.2 Å². The monoisotopic (exact) mass is 239 g/mol. The van der Waals surface area contributed by atoms with Crippen molar-refractivity contribution in [1.29, 1.82) is 0 Å². The van der Waals surface area contributed by atoms with Crippen LogP contribution in [0.3, 0.4) is 0 Å². The van der Waals surface area contributed by atoms with Crippen molar-refractivity contribution < 1.29 is 32.7 Å². The number of aliphatic carboxylic acids is 1. The van der Waals surface area contributed by atoms with E-state index in [1.165, 1.54) is 5.32 Å². The summed E-state index contributed by atoms with van der Waals surface area (Å²) in [5.41, 5.74) is -0.774. The van der Waals surface area contributed by atoms with E-state index in [1.807, 2.05) is 0 Å². The molecule has 0 aromatic heterocycles. The second-order valence-corrected chi connectivity index (χ2v) is 2.75. The van der Waals surface area contributed by atoms with Crippen molar-refractivity contribution in [2.24, 2.45) is 0 Å². The molecule has 5 nitrogen and oxygen atoms in total. The molecule has 0 saturated carbocycles. The Bertz CT molecular complexity index is 335. The number of allylic oxidation sites excluding steroid dienone is 1. The highest BCUT2D eigenvalue weighted by Gasteiger charge is 2.39. The first-order valence-corrected chi connectivity index (χ1v) is 3.96. The molecule has 0 heterocycles. The van der Waals surface area contributed by atoms with Crippen molar-refractivity contribution in [2.75, 3.05) is 0 Å². The van der Waals surface area contributed by atoms with Crippen molar-refractivity contribution in [3.8, 4) is 0 Å². The van der Waals surface area contributed by atoms with Gasteiger partial charge in [0.25, 0.3) is 0 Å². The van der Waals surface area contributed by atoms with Crippen LogP contribution in [0.4, 0.5) is 13.2 Å². The highest BCUT2D eigenvalue weighted by atomic mass is 19.4. The zero-order valence-electron chi connectivity index (χ0n) is 7.93. The summed E-state index contributed by atoms with van der Waals surface area (Å²) in [4.78, 5) is 31.4.